The van der Waals surface area contributed by atoms with Crippen LogP contribution in [0, 0.1) is 0 Å². The Balaban J connectivity index is 2.10. The first-order valence-corrected chi connectivity index (χ1v) is 8.16. The Morgan fingerprint density at radius 2 is 1.35 bits per heavy atom. The van der Waals surface area contributed by atoms with Gasteiger partial charge in [-0.25, -0.2) is 0 Å². The quantitative estimate of drug-likeness (QED) is 0.212. The van der Waals surface area contributed by atoms with Crippen molar-refractivity contribution in [1.82, 2.24) is 0 Å². The molecule has 0 spiro atoms. The van der Waals surface area contributed by atoms with Gasteiger partial charge in [0, 0.05) is 0 Å². The van der Waals surface area contributed by atoms with Crippen LogP contribution in [0.25, 0.3) is 0 Å². The van der Waals surface area contributed by atoms with Gasteiger partial charge in [0.15, 0.2) is 12.6 Å². The largest absolute Gasteiger partial charge is 0.394 e. The maximum Gasteiger partial charge on any atom is 0.187 e. The van der Waals surface area contributed by atoms with Crippen molar-refractivity contribution < 1.29 is 54.7 Å². The van der Waals surface area contributed by atoms with Crippen LogP contribution in [0.15, 0.2) is 12.7 Å². The van der Waals surface area contributed by atoms with Crippen LogP contribution in [0.4, 0.5) is 0 Å². The summed E-state index contributed by atoms with van der Waals surface area (Å²) in [5, 5.41) is 68.6. The highest BCUT2D eigenvalue weighted by Gasteiger charge is 2.50. The summed E-state index contributed by atoms with van der Waals surface area (Å²) in [6.07, 6.45) is -13.1. The van der Waals surface area contributed by atoms with Gasteiger partial charge < -0.3 is 54.7 Å². The maximum atomic E-state index is 10.3. The Labute approximate surface area is 149 Å². The van der Waals surface area contributed by atoms with Crippen molar-refractivity contribution >= 4 is 0 Å². The molecular formula is C15H26O11. The van der Waals surface area contributed by atoms with Crippen molar-refractivity contribution in [1.29, 1.82) is 0 Å². The Morgan fingerprint density at radius 3 is 1.92 bits per heavy atom. The van der Waals surface area contributed by atoms with E-state index in [1.807, 2.05) is 0 Å². The number of aliphatic hydroxyl groups excluding tert-OH is 7. The first kappa shape index (κ1) is 21.6. The highest BCUT2D eigenvalue weighted by atomic mass is 16.7. The van der Waals surface area contributed by atoms with Crippen LogP contribution in [0.2, 0.25) is 0 Å². The van der Waals surface area contributed by atoms with Gasteiger partial charge in [0.05, 0.1) is 19.8 Å². The highest BCUT2D eigenvalue weighted by molar-refractivity contribution is 4.94. The molecule has 11 nitrogen and oxygen atoms in total. The van der Waals surface area contributed by atoms with Crippen LogP contribution in [-0.2, 0) is 18.9 Å². The molecule has 26 heavy (non-hydrogen) atoms. The van der Waals surface area contributed by atoms with E-state index < -0.39 is 74.6 Å². The molecule has 11 heteroatoms. The van der Waals surface area contributed by atoms with Gasteiger partial charge in [-0.15, -0.1) is 6.58 Å². The molecule has 0 aromatic heterocycles. The van der Waals surface area contributed by atoms with Gasteiger partial charge in [0.2, 0.25) is 0 Å². The predicted molar refractivity (Wildman–Crippen MR) is 82.5 cm³/mol. The van der Waals surface area contributed by atoms with Crippen LogP contribution in [0.3, 0.4) is 0 Å². The molecule has 0 bridgehead atoms. The fraction of sp³-hybridized carbons (Fsp3) is 0.867. The fourth-order valence-electron chi connectivity index (χ4n) is 2.86. The molecule has 2 fully saturated rings. The number of rotatable bonds is 7. The molecule has 2 heterocycles. The molecule has 0 saturated carbocycles. The van der Waals surface area contributed by atoms with Crippen LogP contribution < -0.4 is 0 Å². The zero-order chi connectivity index (χ0) is 19.4. The molecule has 2 aliphatic rings. The predicted octanol–water partition coefficient (Wildman–Crippen LogP) is -4.19. The van der Waals surface area contributed by atoms with E-state index in [9.17, 15) is 35.7 Å². The lowest BCUT2D eigenvalue weighted by molar-refractivity contribution is -0.358. The molecule has 0 aromatic rings. The van der Waals surface area contributed by atoms with Crippen molar-refractivity contribution in [2.24, 2.45) is 0 Å². The number of aliphatic hydroxyl groups is 7. The van der Waals surface area contributed by atoms with E-state index in [0.29, 0.717) is 0 Å². The lowest BCUT2D eigenvalue weighted by atomic mass is 9.97. The van der Waals surface area contributed by atoms with E-state index in [0.717, 1.165) is 0 Å². The van der Waals surface area contributed by atoms with Crippen LogP contribution in [0.5, 0.6) is 0 Å². The molecule has 0 unspecified atom stereocenters. The molecule has 2 saturated heterocycles. The standard InChI is InChI=1S/C15H26O11/c1-2-3-23-14-12(22)10(20)13(7(5-17)25-14)26-15-11(21)9(19)8(18)6(4-16)24-15/h2,6-22H,1,3-5H2/t6-,7-,8-,9+,10-,11-,12-,13-,14+,15+/m1/s1. The number of hydrogen-bond donors (Lipinski definition) is 7. The third-order valence-corrected chi connectivity index (χ3v) is 4.34. The molecular weight excluding hydrogens is 356 g/mol. The van der Waals surface area contributed by atoms with Crippen molar-refractivity contribution in [3.05, 3.63) is 12.7 Å². The Morgan fingerprint density at radius 1 is 0.769 bits per heavy atom. The summed E-state index contributed by atoms with van der Waals surface area (Å²) in [5.74, 6) is 0. The van der Waals surface area contributed by atoms with Crippen molar-refractivity contribution in [3.8, 4) is 0 Å². The van der Waals surface area contributed by atoms with Gasteiger partial charge in [0.1, 0.15) is 48.8 Å². The molecule has 0 radical (unpaired) electrons. The zero-order valence-electron chi connectivity index (χ0n) is 13.9. The second-order valence-electron chi connectivity index (χ2n) is 6.13. The molecule has 7 N–H and O–H groups in total. The molecule has 0 aliphatic carbocycles. The summed E-state index contributed by atoms with van der Waals surface area (Å²) in [6, 6.07) is 0. The molecule has 152 valence electrons. The molecule has 0 aromatic carbocycles. The Bertz CT molecular complexity index is 445. The summed E-state index contributed by atoms with van der Waals surface area (Å²) >= 11 is 0. The maximum absolute atomic E-state index is 10.3. The Kier molecular flexibility index (Phi) is 7.88. The normalized spacial score (nSPS) is 46.9. The van der Waals surface area contributed by atoms with E-state index >= 15 is 0 Å². The van der Waals surface area contributed by atoms with Gasteiger partial charge in [-0.2, -0.15) is 0 Å². The van der Waals surface area contributed by atoms with E-state index in [4.69, 9.17) is 18.9 Å². The third kappa shape index (κ3) is 4.40. The monoisotopic (exact) mass is 382 g/mol. The summed E-state index contributed by atoms with van der Waals surface area (Å²) in [5.41, 5.74) is 0. The topological polar surface area (TPSA) is 179 Å². The first-order valence-electron chi connectivity index (χ1n) is 8.16. The van der Waals surface area contributed by atoms with Crippen LogP contribution >= 0.6 is 0 Å². The first-order chi connectivity index (χ1) is 12.3. The molecule has 2 aliphatic heterocycles. The summed E-state index contributed by atoms with van der Waals surface area (Å²) in [7, 11) is 0. The second-order valence-corrected chi connectivity index (χ2v) is 6.13. The average molecular weight is 382 g/mol. The van der Waals surface area contributed by atoms with Crippen LogP contribution in [0.1, 0.15) is 0 Å². The highest BCUT2D eigenvalue weighted by Crippen LogP contribution is 2.29. The lowest BCUT2D eigenvalue weighted by Crippen LogP contribution is -2.64. The van der Waals surface area contributed by atoms with Crippen LogP contribution in [-0.4, -0.2) is 117 Å². The summed E-state index contributed by atoms with van der Waals surface area (Å²) in [4.78, 5) is 0. The van der Waals surface area contributed by atoms with Crippen molar-refractivity contribution in [3.63, 3.8) is 0 Å². The minimum Gasteiger partial charge on any atom is -0.394 e. The number of hydrogen-bond acceptors (Lipinski definition) is 11. The van der Waals surface area contributed by atoms with E-state index in [-0.39, 0.29) is 6.61 Å². The SMILES string of the molecule is C=CCO[C@H]1O[C@H](CO)[C@@H](O[C@@H]2O[C@H](CO)[C@@H](O)[C@H](O)[C@H]2O)[C@H](O)[C@H]1O. The third-order valence-electron chi connectivity index (χ3n) is 4.34. The summed E-state index contributed by atoms with van der Waals surface area (Å²) in [6.45, 7) is 2.22. The Hall–Kier alpha value is -0.700. The minimum absolute atomic E-state index is 0.0326. The number of ether oxygens (including phenoxy) is 4. The van der Waals surface area contributed by atoms with Gasteiger partial charge in [-0.3, -0.25) is 0 Å². The van der Waals surface area contributed by atoms with E-state index in [2.05, 4.69) is 6.58 Å². The van der Waals surface area contributed by atoms with Crippen molar-refractivity contribution in [2.45, 2.75) is 61.4 Å². The average Bonchev–Trinajstić information content (AvgIpc) is 2.64. The summed E-state index contributed by atoms with van der Waals surface area (Å²) < 4.78 is 21.1. The molecule has 0 amide bonds. The lowest BCUT2D eigenvalue weighted by Gasteiger charge is -2.45. The van der Waals surface area contributed by atoms with E-state index in [1.165, 1.54) is 6.08 Å². The van der Waals surface area contributed by atoms with Gasteiger partial charge in [0.25, 0.3) is 0 Å². The van der Waals surface area contributed by atoms with Gasteiger partial charge in [-0.05, 0) is 0 Å². The van der Waals surface area contributed by atoms with Gasteiger partial charge in [-0.1, -0.05) is 6.08 Å². The van der Waals surface area contributed by atoms with Gasteiger partial charge >= 0.3 is 0 Å². The minimum atomic E-state index is -1.70. The second kappa shape index (κ2) is 9.48. The van der Waals surface area contributed by atoms with Crippen molar-refractivity contribution in [2.75, 3.05) is 19.8 Å². The fourth-order valence-corrected chi connectivity index (χ4v) is 2.86. The zero-order valence-corrected chi connectivity index (χ0v) is 13.9. The smallest absolute Gasteiger partial charge is 0.187 e. The van der Waals surface area contributed by atoms with E-state index in [1.54, 1.807) is 0 Å². The molecule has 10 atom stereocenters. The molecule has 2 rings (SSSR count).